The third-order valence-corrected chi connectivity index (χ3v) is 3.47. The summed E-state index contributed by atoms with van der Waals surface area (Å²) in [5, 5.41) is 14.0. The summed E-state index contributed by atoms with van der Waals surface area (Å²) >= 11 is 0. The number of carbonyl (C=O) groups is 3. The van der Waals surface area contributed by atoms with E-state index in [0.717, 1.165) is 18.4 Å². The molecule has 1 aromatic rings. The Morgan fingerprint density at radius 3 is 2.46 bits per heavy atom. The predicted octanol–water partition coefficient (Wildman–Crippen LogP) is 2.67. The second-order valence-electron chi connectivity index (χ2n) is 5.66. The molecule has 26 heavy (non-hydrogen) atoms. The number of carboxylic acid groups (broad SMARTS) is 1. The van der Waals surface area contributed by atoms with E-state index >= 15 is 0 Å². The molecule has 0 aliphatic carbocycles. The van der Waals surface area contributed by atoms with Crippen molar-refractivity contribution in [1.82, 2.24) is 10.6 Å². The number of carboxylic acids is 1. The number of nitrogens with one attached hydrogen (secondary N) is 2. The van der Waals surface area contributed by atoms with Gasteiger partial charge in [-0.2, -0.15) is 0 Å². The summed E-state index contributed by atoms with van der Waals surface area (Å²) in [7, 11) is 0. The molecule has 1 aromatic carbocycles. The number of rotatable bonds is 11. The molecule has 0 spiro atoms. The number of ether oxygens (including phenoxy) is 2. The first-order valence-corrected chi connectivity index (χ1v) is 8.63. The maximum atomic E-state index is 11.6. The smallest absolute Gasteiger partial charge is 0.407 e. The van der Waals surface area contributed by atoms with Gasteiger partial charge >= 0.3 is 18.2 Å². The summed E-state index contributed by atoms with van der Waals surface area (Å²) in [6, 6.07) is 8.19. The molecule has 8 nitrogen and oxygen atoms in total. The molecule has 0 bridgehead atoms. The molecule has 0 saturated heterocycles. The average Bonchev–Trinajstić information content (AvgIpc) is 2.63. The third kappa shape index (κ3) is 9.51. The number of aliphatic carboxylic acids is 1. The maximum Gasteiger partial charge on any atom is 0.407 e. The van der Waals surface area contributed by atoms with E-state index in [1.54, 1.807) is 0 Å². The van der Waals surface area contributed by atoms with Crippen molar-refractivity contribution in [3.8, 4) is 0 Å². The second kappa shape index (κ2) is 12.6. The van der Waals surface area contributed by atoms with Crippen molar-refractivity contribution in [2.24, 2.45) is 0 Å². The van der Waals surface area contributed by atoms with Crippen LogP contribution in [0.4, 0.5) is 9.59 Å². The van der Waals surface area contributed by atoms with E-state index in [2.05, 4.69) is 10.6 Å². The van der Waals surface area contributed by atoms with E-state index in [-0.39, 0.29) is 26.2 Å². The van der Waals surface area contributed by atoms with Gasteiger partial charge < -0.3 is 25.2 Å². The molecule has 0 aromatic heterocycles. The predicted molar refractivity (Wildman–Crippen MR) is 94.7 cm³/mol. The van der Waals surface area contributed by atoms with Gasteiger partial charge in [0.2, 0.25) is 0 Å². The van der Waals surface area contributed by atoms with Crippen molar-refractivity contribution in [3.63, 3.8) is 0 Å². The molecule has 0 aliphatic rings. The molecule has 0 saturated carbocycles. The van der Waals surface area contributed by atoms with Crippen molar-refractivity contribution < 1.29 is 29.0 Å². The van der Waals surface area contributed by atoms with Crippen molar-refractivity contribution in [2.75, 3.05) is 13.2 Å². The Morgan fingerprint density at radius 1 is 1.08 bits per heavy atom. The Hall–Kier alpha value is -2.77. The summed E-state index contributed by atoms with van der Waals surface area (Å²) in [4.78, 5) is 34.3. The summed E-state index contributed by atoms with van der Waals surface area (Å²) in [6.45, 7) is 2.61. The SMILES string of the molecule is CCCCOC(=O)N[C@H](CCCNC(=O)OCc1ccccc1)C(=O)O. The van der Waals surface area contributed by atoms with Crippen molar-refractivity contribution in [3.05, 3.63) is 35.9 Å². The Bertz CT molecular complexity index is 564. The number of amides is 2. The highest BCUT2D eigenvalue weighted by atomic mass is 16.6. The van der Waals surface area contributed by atoms with Crippen molar-refractivity contribution in [1.29, 1.82) is 0 Å². The Morgan fingerprint density at radius 2 is 1.81 bits per heavy atom. The second-order valence-corrected chi connectivity index (χ2v) is 5.66. The minimum absolute atomic E-state index is 0.162. The molecule has 0 fully saturated rings. The average molecular weight is 366 g/mol. The molecular weight excluding hydrogens is 340 g/mol. The van der Waals surface area contributed by atoms with E-state index < -0.39 is 24.2 Å². The summed E-state index contributed by atoms with van der Waals surface area (Å²) in [5.41, 5.74) is 0.874. The van der Waals surface area contributed by atoms with Gasteiger partial charge in [-0.3, -0.25) is 0 Å². The number of alkyl carbamates (subject to hydrolysis) is 2. The lowest BCUT2D eigenvalue weighted by molar-refractivity contribution is -0.139. The standard InChI is InChI=1S/C18H26N2O6/c1-2-3-12-25-18(24)20-15(16(21)22)10-7-11-19-17(23)26-13-14-8-5-4-6-9-14/h4-6,8-9,15H,2-3,7,10-13H2,1H3,(H,19,23)(H,20,24)(H,21,22)/t15-/m1/s1. The van der Waals surface area contributed by atoms with Gasteiger partial charge in [-0.05, 0) is 24.8 Å². The largest absolute Gasteiger partial charge is 0.480 e. The number of carbonyl (C=O) groups excluding carboxylic acids is 2. The highest BCUT2D eigenvalue weighted by Gasteiger charge is 2.20. The Balaban J connectivity index is 2.20. The van der Waals surface area contributed by atoms with Crippen LogP contribution in [0.15, 0.2) is 30.3 Å². The van der Waals surface area contributed by atoms with E-state index in [4.69, 9.17) is 14.6 Å². The van der Waals surface area contributed by atoms with Crippen LogP contribution >= 0.6 is 0 Å². The molecule has 1 atom stereocenters. The monoisotopic (exact) mass is 366 g/mol. The fourth-order valence-corrected chi connectivity index (χ4v) is 2.02. The molecule has 0 radical (unpaired) electrons. The minimum Gasteiger partial charge on any atom is -0.480 e. The zero-order valence-corrected chi connectivity index (χ0v) is 14.9. The van der Waals surface area contributed by atoms with E-state index in [0.29, 0.717) is 6.42 Å². The number of hydrogen-bond donors (Lipinski definition) is 3. The van der Waals surface area contributed by atoms with Gasteiger partial charge in [0.05, 0.1) is 6.61 Å². The first-order chi connectivity index (χ1) is 12.5. The van der Waals surface area contributed by atoms with Crippen LogP contribution in [0, 0.1) is 0 Å². The maximum absolute atomic E-state index is 11.6. The molecule has 3 N–H and O–H groups in total. The van der Waals surface area contributed by atoms with Gasteiger partial charge in [0.25, 0.3) is 0 Å². The van der Waals surface area contributed by atoms with Gasteiger partial charge in [0.1, 0.15) is 12.6 Å². The lowest BCUT2D eigenvalue weighted by Gasteiger charge is -2.14. The lowest BCUT2D eigenvalue weighted by Crippen LogP contribution is -2.41. The number of hydrogen-bond acceptors (Lipinski definition) is 5. The van der Waals surface area contributed by atoms with Gasteiger partial charge in [-0.25, -0.2) is 14.4 Å². The summed E-state index contributed by atoms with van der Waals surface area (Å²) in [5.74, 6) is -1.15. The van der Waals surface area contributed by atoms with Gasteiger partial charge in [-0.1, -0.05) is 43.7 Å². The molecule has 2 amide bonds. The van der Waals surface area contributed by atoms with Crippen molar-refractivity contribution in [2.45, 2.75) is 45.3 Å². The first-order valence-electron chi connectivity index (χ1n) is 8.63. The molecule has 0 heterocycles. The van der Waals surface area contributed by atoms with E-state index in [1.165, 1.54) is 0 Å². The summed E-state index contributed by atoms with van der Waals surface area (Å²) in [6.07, 6.45) is 0.805. The van der Waals surface area contributed by atoms with Crippen LogP contribution in [0.2, 0.25) is 0 Å². The van der Waals surface area contributed by atoms with Crippen LogP contribution in [0.25, 0.3) is 0 Å². The summed E-state index contributed by atoms with van der Waals surface area (Å²) < 4.78 is 9.92. The van der Waals surface area contributed by atoms with E-state index in [9.17, 15) is 14.4 Å². The minimum atomic E-state index is -1.15. The first kappa shape index (κ1) is 21.3. The zero-order valence-electron chi connectivity index (χ0n) is 14.9. The van der Waals surface area contributed by atoms with Gasteiger partial charge in [-0.15, -0.1) is 0 Å². The molecular formula is C18H26N2O6. The Labute approximate surface area is 152 Å². The normalized spacial score (nSPS) is 11.3. The molecule has 8 heteroatoms. The fourth-order valence-electron chi connectivity index (χ4n) is 2.02. The van der Waals surface area contributed by atoms with Crippen LogP contribution in [0.3, 0.4) is 0 Å². The van der Waals surface area contributed by atoms with Crippen LogP contribution in [-0.4, -0.2) is 42.5 Å². The highest BCUT2D eigenvalue weighted by Crippen LogP contribution is 2.01. The molecule has 0 aliphatic heterocycles. The third-order valence-electron chi connectivity index (χ3n) is 3.47. The van der Waals surface area contributed by atoms with Crippen LogP contribution in [0.1, 0.15) is 38.2 Å². The molecule has 0 unspecified atom stereocenters. The number of unbranched alkanes of at least 4 members (excludes halogenated alkanes) is 1. The Kier molecular flexibility index (Phi) is 10.3. The van der Waals surface area contributed by atoms with Gasteiger partial charge in [0.15, 0.2) is 0 Å². The van der Waals surface area contributed by atoms with Gasteiger partial charge in [0, 0.05) is 6.54 Å². The highest BCUT2D eigenvalue weighted by molar-refractivity contribution is 5.79. The number of benzene rings is 1. The molecule has 144 valence electrons. The molecule has 1 rings (SSSR count). The van der Waals surface area contributed by atoms with Crippen molar-refractivity contribution >= 4 is 18.2 Å². The van der Waals surface area contributed by atoms with Crippen LogP contribution < -0.4 is 10.6 Å². The quantitative estimate of drug-likeness (QED) is 0.519. The fraction of sp³-hybridized carbons (Fsp3) is 0.500. The zero-order chi connectivity index (χ0) is 19.2. The van der Waals surface area contributed by atoms with Crippen LogP contribution in [-0.2, 0) is 20.9 Å². The van der Waals surface area contributed by atoms with Crippen LogP contribution in [0.5, 0.6) is 0 Å². The van der Waals surface area contributed by atoms with E-state index in [1.807, 2.05) is 37.3 Å². The topological polar surface area (TPSA) is 114 Å². The lowest BCUT2D eigenvalue weighted by atomic mass is 10.1.